The number of benzene rings is 2. The van der Waals surface area contributed by atoms with Crippen LogP contribution in [0.1, 0.15) is 94.6 Å². The van der Waals surface area contributed by atoms with Crippen LogP contribution in [0.25, 0.3) is 22.5 Å². The summed E-state index contributed by atoms with van der Waals surface area (Å²) in [5.41, 5.74) is 13.4. The van der Waals surface area contributed by atoms with E-state index in [1.54, 1.807) is 37.3 Å². The van der Waals surface area contributed by atoms with Gasteiger partial charge in [-0.25, -0.2) is 36.3 Å². The fourth-order valence-corrected chi connectivity index (χ4v) is 13.0. The van der Waals surface area contributed by atoms with Crippen LogP contribution in [0.15, 0.2) is 97.6 Å². The quantitative estimate of drug-likeness (QED) is 0.0890. The van der Waals surface area contributed by atoms with Crippen LogP contribution in [-0.4, -0.2) is 75.0 Å². The van der Waals surface area contributed by atoms with Crippen LogP contribution in [0.2, 0.25) is 0 Å². The molecule has 70 heavy (non-hydrogen) atoms. The van der Waals surface area contributed by atoms with Crippen molar-refractivity contribution in [1.29, 1.82) is 0 Å². The highest BCUT2D eigenvalue weighted by atomic mass is 32.2. The molecule has 0 aliphatic heterocycles. The molecule has 18 heteroatoms. The van der Waals surface area contributed by atoms with E-state index in [0.717, 1.165) is 60.4 Å². The molecular weight excluding hydrogens is 951 g/mol. The van der Waals surface area contributed by atoms with Gasteiger partial charge in [0.1, 0.15) is 57.7 Å². The molecule has 0 amide bonds. The molecule has 8 rings (SSSR count). The molecule has 2 fully saturated rings. The van der Waals surface area contributed by atoms with E-state index in [2.05, 4.69) is 19.9 Å². The zero-order valence-electron chi connectivity index (χ0n) is 38.8. The third kappa shape index (κ3) is 11.5. The Hall–Kier alpha value is -5.82. The summed E-state index contributed by atoms with van der Waals surface area (Å²) in [7, 11) is -2.06. The van der Waals surface area contributed by atoms with Crippen molar-refractivity contribution < 1.29 is 44.3 Å². The Morgan fingerprint density at radius 2 is 0.900 bits per heavy atom. The molecule has 2 saturated carbocycles. The third-order valence-corrected chi connectivity index (χ3v) is 16.4. The minimum absolute atomic E-state index is 0.0647. The molecular formula is C52H52F6N6O4S2. The summed E-state index contributed by atoms with van der Waals surface area (Å²) in [5, 5.41) is -0.169. The number of halogens is 6. The van der Waals surface area contributed by atoms with Gasteiger partial charge in [0, 0.05) is 83.8 Å². The number of rotatable bonds is 12. The summed E-state index contributed by atoms with van der Waals surface area (Å²) in [6.07, 6.45) is 12.5. The van der Waals surface area contributed by atoms with Gasteiger partial charge in [-0.2, -0.15) is 0 Å². The van der Waals surface area contributed by atoms with E-state index in [1.807, 2.05) is 26.0 Å². The fraction of sp³-hybridized carbons (Fsp3) is 0.346. The Labute approximate surface area is 407 Å². The van der Waals surface area contributed by atoms with E-state index in [4.69, 9.17) is 11.5 Å². The number of Topliss-reactive ketones (excluding diaryl/α,β-unsaturated/α-hetero) is 2. The van der Waals surface area contributed by atoms with Crippen LogP contribution < -0.4 is 11.5 Å². The summed E-state index contributed by atoms with van der Waals surface area (Å²) >= 11 is 0. The van der Waals surface area contributed by atoms with Crippen LogP contribution >= 0.6 is 0 Å². The molecule has 0 radical (unpaired) electrons. The predicted molar refractivity (Wildman–Crippen MR) is 258 cm³/mol. The van der Waals surface area contributed by atoms with Gasteiger partial charge in [-0.05, 0) is 132 Å². The summed E-state index contributed by atoms with van der Waals surface area (Å²) in [6, 6.07) is 14.0. The van der Waals surface area contributed by atoms with Gasteiger partial charge in [0.05, 0.1) is 21.6 Å². The SMILES string of the molecule is C[C@H]1C[C@@H](c2ccncc2CC(=O)c2ccc(F)c(-c3c(F)cccc3F)n2)C[C@@H](N)[C@@H]1[S@@](C)=O.C[C@H]1C[C@@H](c2ccncc2CC(=O)c2ccc(F)c(-c3c(F)cccc3F)n2)C[C@@H](N)[C@@H]1[S@](C)=O. The van der Waals surface area contributed by atoms with E-state index < -0.39 is 90.6 Å². The molecule has 0 unspecified atom stereocenters. The van der Waals surface area contributed by atoms with Crippen molar-refractivity contribution in [1.82, 2.24) is 19.9 Å². The second-order valence-corrected chi connectivity index (χ2v) is 21.2. The average molecular weight is 1000 g/mol. The number of aromatic nitrogens is 4. The molecule has 2 aliphatic carbocycles. The van der Waals surface area contributed by atoms with Crippen LogP contribution in [0.5, 0.6) is 0 Å². The van der Waals surface area contributed by atoms with Crippen LogP contribution in [0, 0.1) is 46.7 Å². The van der Waals surface area contributed by atoms with Gasteiger partial charge in [0.15, 0.2) is 11.6 Å². The lowest BCUT2D eigenvalue weighted by atomic mass is 9.75. The van der Waals surface area contributed by atoms with Crippen LogP contribution in [-0.2, 0) is 34.4 Å². The second-order valence-electron chi connectivity index (χ2n) is 18.1. The normalized spacial score (nSPS) is 23.1. The first-order valence-electron chi connectivity index (χ1n) is 22.6. The predicted octanol–water partition coefficient (Wildman–Crippen LogP) is 9.15. The standard InChI is InChI=1S/2C26H26F3N3O2S/c2*1-14-10-15(11-21(30)26(14)35(2)34)17-8-9-31-13-16(17)12-23(33)22-7-6-20(29)25(32-22)24-18(27)4-3-5-19(24)28/h2*3-9,13-15,21,26H,10-12,30H2,1-2H3/t14-,15+,21+,26+,35+;14-,15+,21+,26+,35-/m00/s1. The van der Waals surface area contributed by atoms with E-state index >= 15 is 0 Å². The van der Waals surface area contributed by atoms with Crippen molar-refractivity contribution in [2.45, 2.75) is 86.8 Å². The molecule has 4 N–H and O–H groups in total. The summed E-state index contributed by atoms with van der Waals surface area (Å²) < 4.78 is 110. The number of ketones is 2. The van der Waals surface area contributed by atoms with Gasteiger partial charge >= 0.3 is 0 Å². The van der Waals surface area contributed by atoms with Crippen molar-refractivity contribution in [2.75, 3.05) is 12.5 Å². The second kappa shape index (κ2) is 22.5. The zero-order chi connectivity index (χ0) is 50.6. The highest BCUT2D eigenvalue weighted by molar-refractivity contribution is 7.85. The molecule has 2 aliphatic rings. The number of pyridine rings is 4. The minimum Gasteiger partial charge on any atom is -0.327 e. The van der Waals surface area contributed by atoms with E-state index in [-0.39, 0.29) is 70.5 Å². The Morgan fingerprint density at radius 1 is 0.543 bits per heavy atom. The maximum atomic E-state index is 14.4. The van der Waals surface area contributed by atoms with Gasteiger partial charge in [0.25, 0.3) is 0 Å². The molecule has 368 valence electrons. The monoisotopic (exact) mass is 1000 g/mol. The highest BCUT2D eigenvalue weighted by Crippen LogP contribution is 2.41. The smallest absolute Gasteiger partial charge is 0.185 e. The van der Waals surface area contributed by atoms with Crippen molar-refractivity contribution >= 4 is 33.2 Å². The molecule has 0 spiro atoms. The molecule has 10 nitrogen and oxygen atoms in total. The van der Waals surface area contributed by atoms with Crippen LogP contribution in [0.3, 0.4) is 0 Å². The molecule has 2 aromatic carbocycles. The summed E-state index contributed by atoms with van der Waals surface area (Å²) in [6.45, 7) is 4.08. The first kappa shape index (κ1) is 52.0. The molecule has 4 aromatic heterocycles. The maximum Gasteiger partial charge on any atom is 0.185 e. The van der Waals surface area contributed by atoms with Crippen molar-refractivity contribution in [3.63, 3.8) is 0 Å². The van der Waals surface area contributed by atoms with Crippen molar-refractivity contribution in [3.8, 4) is 22.5 Å². The number of hydrogen-bond donors (Lipinski definition) is 2. The van der Waals surface area contributed by atoms with Gasteiger partial charge in [-0.15, -0.1) is 0 Å². The number of carbonyl (C=O) groups is 2. The number of nitrogens with zero attached hydrogens (tertiary/aromatic N) is 4. The van der Waals surface area contributed by atoms with Gasteiger partial charge < -0.3 is 11.5 Å². The molecule has 0 bridgehead atoms. The summed E-state index contributed by atoms with van der Waals surface area (Å²) in [4.78, 5) is 42.5. The summed E-state index contributed by atoms with van der Waals surface area (Å²) in [5.74, 6) is -6.18. The van der Waals surface area contributed by atoms with Gasteiger partial charge in [0.2, 0.25) is 0 Å². The lowest BCUT2D eigenvalue weighted by Gasteiger charge is -2.38. The number of hydrogen-bond acceptors (Lipinski definition) is 10. The molecule has 4 heterocycles. The number of nitrogens with two attached hydrogens (primary N) is 2. The first-order valence-corrected chi connectivity index (χ1v) is 25.9. The first-order chi connectivity index (χ1) is 33.3. The molecule has 10 atom stereocenters. The van der Waals surface area contributed by atoms with Gasteiger partial charge in [-0.1, -0.05) is 26.0 Å². The van der Waals surface area contributed by atoms with E-state index in [0.29, 0.717) is 24.0 Å². The highest BCUT2D eigenvalue weighted by Gasteiger charge is 2.39. The Balaban J connectivity index is 0.000000206. The Morgan fingerprint density at radius 3 is 1.23 bits per heavy atom. The van der Waals surface area contributed by atoms with E-state index in [9.17, 15) is 44.3 Å². The lowest BCUT2D eigenvalue weighted by molar-refractivity contribution is 0.0979. The van der Waals surface area contributed by atoms with Crippen LogP contribution in [0.4, 0.5) is 26.3 Å². The fourth-order valence-electron chi connectivity index (χ4n) is 10.3. The Bertz CT molecular complexity index is 2700. The lowest BCUT2D eigenvalue weighted by Crippen LogP contribution is -2.47. The number of carbonyl (C=O) groups excluding carboxylic acids is 2. The minimum atomic E-state index is -1.03. The third-order valence-electron chi connectivity index (χ3n) is 13.3. The largest absolute Gasteiger partial charge is 0.327 e. The average Bonchev–Trinajstić information content (AvgIpc) is 3.30. The molecule has 0 saturated heterocycles. The maximum absolute atomic E-state index is 14.4. The van der Waals surface area contributed by atoms with Crippen molar-refractivity contribution in [2.24, 2.45) is 23.3 Å². The van der Waals surface area contributed by atoms with E-state index in [1.165, 1.54) is 24.3 Å². The van der Waals surface area contributed by atoms with Crippen molar-refractivity contribution in [3.05, 3.63) is 166 Å². The molecule has 6 aromatic rings. The van der Waals surface area contributed by atoms with Gasteiger partial charge in [-0.3, -0.25) is 28.0 Å². The Kier molecular flexibility index (Phi) is 16.7. The topological polar surface area (TPSA) is 172 Å². The zero-order valence-corrected chi connectivity index (χ0v) is 40.4.